The summed E-state index contributed by atoms with van der Waals surface area (Å²) in [5, 5.41) is 15.0. The molecule has 2 fully saturated rings. The Labute approximate surface area is 179 Å². The molecule has 2 aliphatic carbocycles. The number of hydrogen-bond donors (Lipinski definition) is 1. The normalized spacial score (nSPS) is 22.4. The van der Waals surface area contributed by atoms with E-state index in [-0.39, 0.29) is 25.0 Å². The molecule has 1 N–H and O–H groups in total. The van der Waals surface area contributed by atoms with Crippen LogP contribution in [0.25, 0.3) is 11.1 Å². The minimum atomic E-state index is -1.31. The van der Waals surface area contributed by atoms with Crippen molar-refractivity contribution >= 4 is 6.09 Å². The van der Waals surface area contributed by atoms with Gasteiger partial charge in [0.1, 0.15) is 6.61 Å². The predicted octanol–water partition coefficient (Wildman–Crippen LogP) is 3.79. The van der Waals surface area contributed by atoms with E-state index in [1.165, 1.54) is 27.2 Å². The van der Waals surface area contributed by atoms with Crippen molar-refractivity contribution in [3.8, 4) is 11.1 Å². The quantitative estimate of drug-likeness (QED) is 0.695. The smallest absolute Gasteiger partial charge is 0.409 e. The second-order valence-electron chi connectivity index (χ2n) is 8.74. The molecule has 158 valence electrons. The first-order valence-electron chi connectivity index (χ1n) is 10.8. The summed E-state index contributed by atoms with van der Waals surface area (Å²) in [6.45, 7) is 0.735. The number of aromatic nitrogens is 2. The van der Waals surface area contributed by atoms with Crippen molar-refractivity contribution in [1.29, 1.82) is 0 Å². The molecule has 3 aromatic rings. The molecule has 3 aliphatic rings. The van der Waals surface area contributed by atoms with E-state index in [0.29, 0.717) is 24.7 Å². The van der Waals surface area contributed by atoms with Crippen molar-refractivity contribution in [1.82, 2.24) is 15.0 Å². The summed E-state index contributed by atoms with van der Waals surface area (Å²) < 4.78 is 11.0. The van der Waals surface area contributed by atoms with Gasteiger partial charge in [0.15, 0.2) is 11.4 Å². The Balaban J connectivity index is 1.15. The van der Waals surface area contributed by atoms with Gasteiger partial charge in [-0.3, -0.25) is 0 Å². The number of fused-ring (bicyclic) bond motifs is 3. The monoisotopic (exact) mass is 417 g/mol. The molecule has 1 saturated heterocycles. The van der Waals surface area contributed by atoms with Crippen LogP contribution in [0, 0.1) is 0 Å². The molecule has 7 nitrogen and oxygen atoms in total. The second-order valence-corrected chi connectivity index (χ2v) is 8.74. The number of benzene rings is 2. The molecule has 1 saturated carbocycles. The number of hydrogen-bond acceptors (Lipinski definition) is 6. The molecule has 2 heterocycles. The summed E-state index contributed by atoms with van der Waals surface area (Å²) in [7, 11) is 0. The first kappa shape index (κ1) is 18.6. The van der Waals surface area contributed by atoms with Crippen molar-refractivity contribution in [3.05, 3.63) is 71.4 Å². The Morgan fingerprint density at radius 2 is 1.81 bits per heavy atom. The Morgan fingerprint density at radius 3 is 2.48 bits per heavy atom. The molecule has 2 aromatic carbocycles. The van der Waals surface area contributed by atoms with Crippen LogP contribution in [0.2, 0.25) is 0 Å². The summed E-state index contributed by atoms with van der Waals surface area (Å²) >= 11 is 0. The van der Waals surface area contributed by atoms with E-state index in [1.807, 2.05) is 24.3 Å². The third kappa shape index (κ3) is 3.11. The van der Waals surface area contributed by atoms with Gasteiger partial charge in [-0.2, -0.15) is 4.98 Å². The molecule has 1 aliphatic heterocycles. The van der Waals surface area contributed by atoms with E-state index in [4.69, 9.17) is 9.26 Å². The van der Waals surface area contributed by atoms with Crippen LogP contribution >= 0.6 is 0 Å². The van der Waals surface area contributed by atoms with E-state index in [2.05, 4.69) is 34.4 Å². The molecular weight excluding hydrogens is 394 g/mol. The molecule has 1 amide bonds. The number of rotatable bonds is 4. The molecule has 0 spiro atoms. The lowest BCUT2D eigenvalue weighted by atomic mass is 9.98. The zero-order valence-electron chi connectivity index (χ0n) is 17.0. The van der Waals surface area contributed by atoms with Crippen LogP contribution in [-0.2, 0) is 10.3 Å². The third-order valence-corrected chi connectivity index (χ3v) is 6.62. The van der Waals surface area contributed by atoms with Crippen LogP contribution in [-0.4, -0.2) is 45.9 Å². The van der Waals surface area contributed by atoms with Crippen molar-refractivity contribution < 1.29 is 19.2 Å². The number of carbonyl (C=O) groups is 1. The number of β-amino-alcohol motifs (C(OH)–C–C–N with tert-alkyl or cyclic N) is 1. The van der Waals surface area contributed by atoms with Gasteiger partial charge in [-0.25, -0.2) is 4.79 Å². The molecule has 6 rings (SSSR count). The summed E-state index contributed by atoms with van der Waals surface area (Å²) in [5.74, 6) is 1.21. The van der Waals surface area contributed by atoms with Crippen LogP contribution in [0.4, 0.5) is 4.79 Å². The van der Waals surface area contributed by atoms with Gasteiger partial charge in [-0.05, 0) is 35.1 Å². The number of likely N-dealkylation sites (tertiary alicyclic amines) is 1. The highest BCUT2D eigenvalue weighted by Gasteiger charge is 2.45. The predicted molar refractivity (Wildman–Crippen MR) is 111 cm³/mol. The molecular formula is C24H23N3O4. The van der Waals surface area contributed by atoms with Gasteiger partial charge in [0.25, 0.3) is 5.89 Å². The Bertz CT molecular complexity index is 1110. The zero-order chi connectivity index (χ0) is 21.0. The van der Waals surface area contributed by atoms with Gasteiger partial charge in [-0.1, -0.05) is 53.7 Å². The van der Waals surface area contributed by atoms with E-state index in [9.17, 15) is 9.90 Å². The Morgan fingerprint density at radius 1 is 1.13 bits per heavy atom. The van der Waals surface area contributed by atoms with Gasteiger partial charge in [0.05, 0.1) is 6.54 Å². The fraction of sp³-hybridized carbons (Fsp3) is 0.375. The SMILES string of the molecule is O=C(OCC1c2ccccc2-c2ccccc21)N1CCC(O)(c2nc(C3CC3)no2)C1. The van der Waals surface area contributed by atoms with Gasteiger partial charge >= 0.3 is 6.09 Å². The Kier molecular flexibility index (Phi) is 4.14. The van der Waals surface area contributed by atoms with E-state index in [1.54, 1.807) is 0 Å². The molecule has 0 bridgehead atoms. The van der Waals surface area contributed by atoms with Crippen molar-refractivity contribution in [2.45, 2.75) is 36.7 Å². The Hall–Kier alpha value is -3.19. The highest BCUT2D eigenvalue weighted by Crippen LogP contribution is 2.45. The van der Waals surface area contributed by atoms with E-state index in [0.717, 1.165) is 12.8 Å². The van der Waals surface area contributed by atoms with Crippen molar-refractivity contribution in [2.75, 3.05) is 19.7 Å². The van der Waals surface area contributed by atoms with E-state index < -0.39 is 11.7 Å². The first-order chi connectivity index (χ1) is 15.1. The van der Waals surface area contributed by atoms with E-state index >= 15 is 0 Å². The highest BCUT2D eigenvalue weighted by molar-refractivity contribution is 5.79. The highest BCUT2D eigenvalue weighted by atomic mass is 16.6. The fourth-order valence-electron chi connectivity index (χ4n) is 4.74. The summed E-state index contributed by atoms with van der Waals surface area (Å²) in [6.07, 6.45) is 2.04. The van der Waals surface area contributed by atoms with Crippen LogP contribution in [0.1, 0.15) is 53.9 Å². The molecule has 1 unspecified atom stereocenters. The lowest BCUT2D eigenvalue weighted by Gasteiger charge is -2.21. The van der Waals surface area contributed by atoms with Gasteiger partial charge in [0, 0.05) is 24.8 Å². The summed E-state index contributed by atoms with van der Waals surface area (Å²) in [5.41, 5.74) is 3.42. The fourth-order valence-corrected chi connectivity index (χ4v) is 4.74. The van der Waals surface area contributed by atoms with Crippen molar-refractivity contribution in [3.63, 3.8) is 0 Å². The van der Waals surface area contributed by atoms with Crippen LogP contribution < -0.4 is 0 Å². The molecule has 0 radical (unpaired) electrons. The maximum atomic E-state index is 12.8. The number of carbonyl (C=O) groups excluding carboxylic acids is 1. The van der Waals surface area contributed by atoms with Gasteiger partial charge < -0.3 is 19.3 Å². The third-order valence-electron chi connectivity index (χ3n) is 6.62. The van der Waals surface area contributed by atoms with Crippen LogP contribution in [0.3, 0.4) is 0 Å². The van der Waals surface area contributed by atoms with Crippen molar-refractivity contribution in [2.24, 2.45) is 0 Å². The minimum Gasteiger partial charge on any atom is -0.448 e. The number of amides is 1. The number of ether oxygens (including phenoxy) is 1. The minimum absolute atomic E-state index is 0.00915. The average Bonchev–Trinajstić information content (AvgIpc) is 3.24. The maximum Gasteiger partial charge on any atom is 0.409 e. The van der Waals surface area contributed by atoms with Crippen LogP contribution in [0.5, 0.6) is 0 Å². The lowest BCUT2D eigenvalue weighted by molar-refractivity contribution is 0.0123. The number of nitrogens with zero attached hydrogens (tertiary/aromatic N) is 3. The summed E-state index contributed by atoms with van der Waals surface area (Å²) in [4.78, 5) is 18.7. The molecule has 31 heavy (non-hydrogen) atoms. The maximum absolute atomic E-state index is 12.8. The molecule has 1 atom stereocenters. The number of aliphatic hydroxyl groups is 1. The second kappa shape index (κ2) is 6.92. The largest absolute Gasteiger partial charge is 0.448 e. The molecule has 1 aromatic heterocycles. The van der Waals surface area contributed by atoms with Gasteiger partial charge in [0.2, 0.25) is 0 Å². The lowest BCUT2D eigenvalue weighted by Crippen LogP contribution is -2.35. The van der Waals surface area contributed by atoms with Crippen LogP contribution in [0.15, 0.2) is 53.1 Å². The topological polar surface area (TPSA) is 88.7 Å². The standard InChI is InChI=1S/C24H23N3O4/c28-23(27-12-11-24(29,14-27)22-25-21(26-31-22)15-9-10-15)30-13-20-18-7-3-1-5-16(18)17-6-2-4-8-19(17)20/h1-8,15,20,29H,9-14H2. The van der Waals surface area contributed by atoms with Gasteiger partial charge in [-0.15, -0.1) is 0 Å². The summed E-state index contributed by atoms with van der Waals surface area (Å²) in [6, 6.07) is 16.5. The zero-order valence-corrected chi connectivity index (χ0v) is 17.0. The molecule has 7 heteroatoms. The first-order valence-corrected chi connectivity index (χ1v) is 10.8. The average molecular weight is 417 g/mol.